The summed E-state index contributed by atoms with van der Waals surface area (Å²) in [5, 5.41) is 12.9. The molecule has 1 aliphatic rings. The number of methoxy groups -OCH3 is 1. The van der Waals surface area contributed by atoms with Gasteiger partial charge in [0, 0.05) is 32.6 Å². The molecule has 17 heavy (non-hydrogen) atoms. The molecule has 1 rings (SSSR count). The molecule has 0 saturated heterocycles. The van der Waals surface area contributed by atoms with E-state index in [4.69, 9.17) is 4.74 Å². The quantitative estimate of drug-likeness (QED) is 0.740. The second kappa shape index (κ2) is 6.36. The van der Waals surface area contributed by atoms with Gasteiger partial charge in [0.25, 0.3) is 0 Å². The Morgan fingerprint density at radius 2 is 2.24 bits per heavy atom. The number of nitrogens with one attached hydrogen (secondary N) is 1. The van der Waals surface area contributed by atoms with E-state index < -0.39 is 5.60 Å². The Hall–Kier alpha value is -0.610. The lowest BCUT2D eigenvalue weighted by Crippen LogP contribution is -2.43. The van der Waals surface area contributed by atoms with Crippen LogP contribution in [0.3, 0.4) is 0 Å². The van der Waals surface area contributed by atoms with E-state index >= 15 is 0 Å². The average molecular weight is 243 g/mol. The smallest absolute Gasteiger partial charge is 0.223 e. The lowest BCUT2D eigenvalue weighted by Gasteiger charge is -2.25. The molecule has 1 amide bonds. The summed E-state index contributed by atoms with van der Waals surface area (Å²) in [7, 11) is 1.61. The highest BCUT2D eigenvalue weighted by molar-refractivity contribution is 5.79. The Balaban J connectivity index is 2.31. The van der Waals surface area contributed by atoms with E-state index in [0.717, 1.165) is 19.3 Å². The summed E-state index contributed by atoms with van der Waals surface area (Å²) in [6, 6.07) is 0. The third-order valence-corrected chi connectivity index (χ3v) is 3.69. The normalized spacial score (nSPS) is 27.8. The summed E-state index contributed by atoms with van der Waals surface area (Å²) in [5.74, 6) is 0.694. The lowest BCUT2D eigenvalue weighted by molar-refractivity contribution is -0.127. The van der Waals surface area contributed by atoms with Gasteiger partial charge in [0.05, 0.1) is 5.60 Å². The summed E-state index contributed by atoms with van der Waals surface area (Å²) in [6.45, 7) is 4.66. The first kappa shape index (κ1) is 14.5. The van der Waals surface area contributed by atoms with Gasteiger partial charge in [-0.2, -0.15) is 0 Å². The predicted molar refractivity (Wildman–Crippen MR) is 66.6 cm³/mol. The molecule has 1 fully saturated rings. The van der Waals surface area contributed by atoms with Gasteiger partial charge in [-0.3, -0.25) is 4.79 Å². The summed E-state index contributed by atoms with van der Waals surface area (Å²) in [4.78, 5) is 11.9. The van der Waals surface area contributed by atoms with Gasteiger partial charge in [-0.1, -0.05) is 13.3 Å². The van der Waals surface area contributed by atoms with Crippen molar-refractivity contribution in [3.05, 3.63) is 0 Å². The number of carbonyl (C=O) groups excluding carboxylic acids is 1. The van der Waals surface area contributed by atoms with Crippen molar-refractivity contribution in [2.75, 3.05) is 20.3 Å². The van der Waals surface area contributed by atoms with Gasteiger partial charge in [0.2, 0.25) is 5.91 Å². The van der Waals surface area contributed by atoms with Gasteiger partial charge in [0.15, 0.2) is 0 Å². The molecule has 0 spiro atoms. The van der Waals surface area contributed by atoms with E-state index in [0.29, 0.717) is 25.5 Å². The summed E-state index contributed by atoms with van der Waals surface area (Å²) < 4.78 is 4.93. The van der Waals surface area contributed by atoms with E-state index in [2.05, 4.69) is 12.2 Å². The molecule has 100 valence electrons. The van der Waals surface area contributed by atoms with Crippen LogP contribution in [0.1, 0.15) is 39.5 Å². The highest BCUT2D eigenvalue weighted by Gasteiger charge is 2.30. The van der Waals surface area contributed by atoms with E-state index in [9.17, 15) is 9.90 Å². The number of ether oxygens (including phenoxy) is 1. The zero-order valence-corrected chi connectivity index (χ0v) is 11.2. The number of rotatable bonds is 6. The molecule has 4 heteroatoms. The maximum absolute atomic E-state index is 11.9. The molecule has 0 aromatic heterocycles. The van der Waals surface area contributed by atoms with E-state index in [-0.39, 0.29) is 11.8 Å². The number of hydrogen-bond donors (Lipinski definition) is 2. The maximum Gasteiger partial charge on any atom is 0.223 e. The fourth-order valence-corrected chi connectivity index (χ4v) is 2.35. The molecule has 0 radical (unpaired) electrons. The van der Waals surface area contributed by atoms with Gasteiger partial charge < -0.3 is 15.2 Å². The van der Waals surface area contributed by atoms with Crippen LogP contribution in [0.5, 0.6) is 0 Å². The standard InChI is InChI=1S/C13H25NO3/c1-10-5-4-6-11(10)12(15)14-9-13(2,16)7-8-17-3/h10-11,16H,4-9H2,1-3H3,(H,14,15). The lowest BCUT2D eigenvalue weighted by atomic mass is 9.96. The van der Waals surface area contributed by atoms with Crippen molar-refractivity contribution >= 4 is 5.91 Å². The van der Waals surface area contributed by atoms with Crippen LogP contribution >= 0.6 is 0 Å². The van der Waals surface area contributed by atoms with Crippen molar-refractivity contribution < 1.29 is 14.6 Å². The van der Waals surface area contributed by atoms with Crippen LogP contribution < -0.4 is 5.32 Å². The first-order chi connectivity index (χ1) is 7.96. The van der Waals surface area contributed by atoms with Crippen molar-refractivity contribution in [3.63, 3.8) is 0 Å². The van der Waals surface area contributed by atoms with E-state index in [1.807, 2.05) is 0 Å². The van der Waals surface area contributed by atoms with Gasteiger partial charge in [-0.25, -0.2) is 0 Å². The second-order valence-corrected chi connectivity index (χ2v) is 5.47. The van der Waals surface area contributed by atoms with E-state index in [1.54, 1.807) is 14.0 Å². The monoisotopic (exact) mass is 243 g/mol. The van der Waals surface area contributed by atoms with Crippen molar-refractivity contribution in [2.24, 2.45) is 11.8 Å². The molecule has 0 bridgehead atoms. The van der Waals surface area contributed by atoms with Crippen molar-refractivity contribution in [3.8, 4) is 0 Å². The number of aliphatic hydroxyl groups is 1. The largest absolute Gasteiger partial charge is 0.388 e. The van der Waals surface area contributed by atoms with Crippen LogP contribution in [0.4, 0.5) is 0 Å². The van der Waals surface area contributed by atoms with Crippen LogP contribution in [0.15, 0.2) is 0 Å². The predicted octanol–water partition coefficient (Wildman–Crippen LogP) is 1.33. The maximum atomic E-state index is 11.9. The first-order valence-corrected chi connectivity index (χ1v) is 6.45. The molecular formula is C13H25NO3. The molecule has 0 aliphatic heterocycles. The second-order valence-electron chi connectivity index (χ2n) is 5.47. The minimum Gasteiger partial charge on any atom is -0.388 e. The Bertz CT molecular complexity index is 253. The Labute approximate surface area is 104 Å². The molecule has 0 heterocycles. The SMILES string of the molecule is COCCC(C)(O)CNC(=O)C1CCCC1C. The minimum atomic E-state index is -0.881. The van der Waals surface area contributed by atoms with Crippen molar-refractivity contribution in [1.82, 2.24) is 5.32 Å². The Morgan fingerprint density at radius 1 is 1.53 bits per heavy atom. The first-order valence-electron chi connectivity index (χ1n) is 6.45. The summed E-state index contributed by atoms with van der Waals surface area (Å²) >= 11 is 0. The molecule has 4 nitrogen and oxygen atoms in total. The van der Waals surface area contributed by atoms with Gasteiger partial charge in [-0.15, -0.1) is 0 Å². The molecule has 2 N–H and O–H groups in total. The van der Waals surface area contributed by atoms with Crippen LogP contribution in [0.2, 0.25) is 0 Å². The van der Waals surface area contributed by atoms with Crippen LogP contribution in [-0.2, 0) is 9.53 Å². The molecule has 3 atom stereocenters. The van der Waals surface area contributed by atoms with Crippen LogP contribution in [-0.4, -0.2) is 36.9 Å². The molecule has 1 aliphatic carbocycles. The summed E-state index contributed by atoms with van der Waals surface area (Å²) in [5.41, 5.74) is -0.881. The summed E-state index contributed by atoms with van der Waals surface area (Å²) in [6.07, 6.45) is 3.79. The van der Waals surface area contributed by atoms with Gasteiger partial charge in [-0.05, 0) is 25.7 Å². The van der Waals surface area contributed by atoms with Crippen LogP contribution in [0, 0.1) is 11.8 Å². The number of hydrogen-bond acceptors (Lipinski definition) is 3. The third-order valence-electron chi connectivity index (χ3n) is 3.69. The highest BCUT2D eigenvalue weighted by Crippen LogP contribution is 2.31. The zero-order valence-electron chi connectivity index (χ0n) is 11.2. The third kappa shape index (κ3) is 4.64. The Kier molecular flexibility index (Phi) is 5.40. The highest BCUT2D eigenvalue weighted by atomic mass is 16.5. The average Bonchev–Trinajstić information content (AvgIpc) is 2.70. The number of amides is 1. The van der Waals surface area contributed by atoms with E-state index in [1.165, 1.54) is 0 Å². The van der Waals surface area contributed by atoms with Crippen molar-refractivity contribution in [1.29, 1.82) is 0 Å². The van der Waals surface area contributed by atoms with Crippen molar-refractivity contribution in [2.45, 2.75) is 45.1 Å². The zero-order chi connectivity index (χ0) is 12.9. The fraction of sp³-hybridized carbons (Fsp3) is 0.923. The molecule has 3 unspecified atom stereocenters. The Morgan fingerprint density at radius 3 is 2.76 bits per heavy atom. The van der Waals surface area contributed by atoms with Crippen LogP contribution in [0.25, 0.3) is 0 Å². The molecular weight excluding hydrogens is 218 g/mol. The number of carbonyl (C=O) groups is 1. The molecule has 1 saturated carbocycles. The topological polar surface area (TPSA) is 58.6 Å². The molecule has 0 aromatic carbocycles. The fourth-order valence-electron chi connectivity index (χ4n) is 2.35. The van der Waals surface area contributed by atoms with Gasteiger partial charge in [0.1, 0.15) is 0 Å². The minimum absolute atomic E-state index is 0.0905. The molecule has 0 aromatic rings. The van der Waals surface area contributed by atoms with Gasteiger partial charge >= 0.3 is 0 Å².